The van der Waals surface area contributed by atoms with Gasteiger partial charge in [-0.3, -0.25) is 4.79 Å². The summed E-state index contributed by atoms with van der Waals surface area (Å²) in [6.45, 7) is 6.49. The van der Waals surface area contributed by atoms with E-state index in [4.69, 9.17) is 5.73 Å². The Bertz CT molecular complexity index is 418. The van der Waals surface area contributed by atoms with E-state index < -0.39 is 0 Å². The Morgan fingerprint density at radius 2 is 2.11 bits per heavy atom. The monoisotopic (exact) mass is 264 g/mol. The third kappa shape index (κ3) is 4.56. The van der Waals surface area contributed by atoms with Gasteiger partial charge >= 0.3 is 0 Å². The maximum absolute atomic E-state index is 12.2. The third-order valence-corrected chi connectivity index (χ3v) is 3.29. The Balaban J connectivity index is 2.76. The SMILES string of the molecule is CCN(C(=O)CCC(C)N)C(C)c1cccc(O)c1. The summed E-state index contributed by atoms with van der Waals surface area (Å²) >= 11 is 0. The first-order valence-corrected chi connectivity index (χ1v) is 6.79. The molecule has 0 fully saturated rings. The Kier molecular flexibility index (Phi) is 5.83. The van der Waals surface area contributed by atoms with Gasteiger partial charge in [0, 0.05) is 19.0 Å². The largest absolute Gasteiger partial charge is 0.508 e. The molecule has 0 radical (unpaired) electrons. The van der Waals surface area contributed by atoms with Crippen molar-refractivity contribution < 1.29 is 9.90 Å². The van der Waals surface area contributed by atoms with Gasteiger partial charge in [-0.05, 0) is 44.9 Å². The molecule has 1 aromatic carbocycles. The second-order valence-electron chi connectivity index (χ2n) is 4.97. The molecule has 2 unspecified atom stereocenters. The van der Waals surface area contributed by atoms with Gasteiger partial charge in [0.25, 0.3) is 0 Å². The van der Waals surface area contributed by atoms with Crippen molar-refractivity contribution >= 4 is 5.91 Å². The fourth-order valence-electron chi connectivity index (χ4n) is 2.13. The Morgan fingerprint density at radius 3 is 2.63 bits per heavy atom. The molecular formula is C15H24N2O2. The van der Waals surface area contributed by atoms with Crippen molar-refractivity contribution in [3.8, 4) is 5.75 Å². The van der Waals surface area contributed by atoms with Crippen LogP contribution in [0, 0.1) is 0 Å². The highest BCUT2D eigenvalue weighted by Gasteiger charge is 2.20. The molecule has 4 nitrogen and oxygen atoms in total. The number of rotatable bonds is 6. The fourth-order valence-corrected chi connectivity index (χ4v) is 2.13. The minimum absolute atomic E-state index is 0.0405. The van der Waals surface area contributed by atoms with E-state index in [0.29, 0.717) is 19.4 Å². The zero-order valence-electron chi connectivity index (χ0n) is 12.0. The number of amides is 1. The zero-order chi connectivity index (χ0) is 14.4. The van der Waals surface area contributed by atoms with E-state index in [2.05, 4.69) is 0 Å². The molecule has 106 valence electrons. The van der Waals surface area contributed by atoms with Gasteiger partial charge in [-0.25, -0.2) is 0 Å². The highest BCUT2D eigenvalue weighted by atomic mass is 16.3. The van der Waals surface area contributed by atoms with Gasteiger partial charge in [0.1, 0.15) is 5.75 Å². The highest BCUT2D eigenvalue weighted by Crippen LogP contribution is 2.24. The first kappa shape index (κ1) is 15.5. The average molecular weight is 264 g/mol. The Morgan fingerprint density at radius 1 is 1.42 bits per heavy atom. The first-order chi connectivity index (χ1) is 8.95. The first-order valence-electron chi connectivity index (χ1n) is 6.79. The van der Waals surface area contributed by atoms with Crippen molar-refractivity contribution in [3.05, 3.63) is 29.8 Å². The number of hydrogen-bond donors (Lipinski definition) is 2. The summed E-state index contributed by atoms with van der Waals surface area (Å²) in [6, 6.07) is 7.04. The molecule has 0 spiro atoms. The van der Waals surface area contributed by atoms with E-state index in [1.165, 1.54) is 0 Å². The molecule has 0 heterocycles. The molecule has 0 aliphatic carbocycles. The predicted molar refractivity (Wildman–Crippen MR) is 76.8 cm³/mol. The predicted octanol–water partition coefficient (Wildman–Crippen LogP) is 2.43. The number of nitrogens with zero attached hydrogens (tertiary/aromatic N) is 1. The number of aromatic hydroxyl groups is 1. The topological polar surface area (TPSA) is 66.6 Å². The van der Waals surface area contributed by atoms with Crippen LogP contribution in [0.2, 0.25) is 0 Å². The zero-order valence-corrected chi connectivity index (χ0v) is 12.0. The molecule has 3 N–H and O–H groups in total. The van der Waals surface area contributed by atoms with Crippen LogP contribution >= 0.6 is 0 Å². The van der Waals surface area contributed by atoms with Gasteiger partial charge < -0.3 is 15.7 Å². The number of phenolic OH excluding ortho intramolecular Hbond substituents is 1. The van der Waals surface area contributed by atoms with Crippen molar-refractivity contribution in [1.29, 1.82) is 0 Å². The van der Waals surface area contributed by atoms with Crippen LogP contribution in [0.5, 0.6) is 5.75 Å². The van der Waals surface area contributed by atoms with E-state index >= 15 is 0 Å². The molecule has 0 bridgehead atoms. The molecule has 0 aromatic heterocycles. The lowest BCUT2D eigenvalue weighted by molar-refractivity contribution is -0.133. The van der Waals surface area contributed by atoms with Gasteiger partial charge in [0.15, 0.2) is 0 Å². The number of carbonyl (C=O) groups is 1. The van der Waals surface area contributed by atoms with E-state index in [0.717, 1.165) is 5.56 Å². The molecular weight excluding hydrogens is 240 g/mol. The molecule has 1 aromatic rings. The normalized spacial score (nSPS) is 13.9. The van der Waals surface area contributed by atoms with Gasteiger partial charge in [-0.15, -0.1) is 0 Å². The summed E-state index contributed by atoms with van der Waals surface area (Å²) < 4.78 is 0. The summed E-state index contributed by atoms with van der Waals surface area (Å²) in [5.41, 5.74) is 6.63. The smallest absolute Gasteiger partial charge is 0.223 e. The maximum Gasteiger partial charge on any atom is 0.223 e. The number of hydrogen-bond acceptors (Lipinski definition) is 3. The van der Waals surface area contributed by atoms with Crippen LogP contribution in [0.15, 0.2) is 24.3 Å². The van der Waals surface area contributed by atoms with Crippen LogP contribution in [0.3, 0.4) is 0 Å². The van der Waals surface area contributed by atoms with Crippen LogP contribution in [0.4, 0.5) is 0 Å². The van der Waals surface area contributed by atoms with Crippen LogP contribution in [-0.2, 0) is 4.79 Å². The van der Waals surface area contributed by atoms with Gasteiger partial charge in [0.05, 0.1) is 6.04 Å². The van der Waals surface area contributed by atoms with Gasteiger partial charge in [0.2, 0.25) is 5.91 Å². The molecule has 19 heavy (non-hydrogen) atoms. The number of benzene rings is 1. The van der Waals surface area contributed by atoms with Crippen LogP contribution in [-0.4, -0.2) is 28.5 Å². The summed E-state index contributed by atoms with van der Waals surface area (Å²) in [5.74, 6) is 0.332. The van der Waals surface area contributed by atoms with E-state index in [1.807, 2.05) is 31.7 Å². The molecule has 0 aliphatic heterocycles. The lowest BCUT2D eigenvalue weighted by Gasteiger charge is -2.29. The second-order valence-corrected chi connectivity index (χ2v) is 4.97. The van der Waals surface area contributed by atoms with Crippen molar-refractivity contribution in [2.24, 2.45) is 5.73 Å². The lowest BCUT2D eigenvalue weighted by atomic mass is 10.1. The molecule has 4 heteroatoms. The number of phenols is 1. The highest BCUT2D eigenvalue weighted by molar-refractivity contribution is 5.76. The van der Waals surface area contributed by atoms with Gasteiger partial charge in [-0.1, -0.05) is 12.1 Å². The summed E-state index contributed by atoms with van der Waals surface area (Å²) in [4.78, 5) is 14.0. The van der Waals surface area contributed by atoms with E-state index in [-0.39, 0.29) is 23.7 Å². The van der Waals surface area contributed by atoms with Crippen molar-refractivity contribution in [2.75, 3.05) is 6.54 Å². The Labute approximate surface area is 115 Å². The minimum atomic E-state index is -0.0438. The lowest BCUT2D eigenvalue weighted by Crippen LogP contribution is -2.34. The van der Waals surface area contributed by atoms with E-state index in [9.17, 15) is 9.90 Å². The van der Waals surface area contributed by atoms with Gasteiger partial charge in [-0.2, -0.15) is 0 Å². The minimum Gasteiger partial charge on any atom is -0.508 e. The van der Waals surface area contributed by atoms with Crippen LogP contribution in [0.1, 0.15) is 45.2 Å². The molecule has 1 amide bonds. The fraction of sp³-hybridized carbons (Fsp3) is 0.533. The van der Waals surface area contributed by atoms with E-state index in [1.54, 1.807) is 18.2 Å². The number of nitrogens with two attached hydrogens (primary N) is 1. The molecule has 1 rings (SSSR count). The van der Waals surface area contributed by atoms with Crippen molar-refractivity contribution in [2.45, 2.75) is 45.7 Å². The summed E-state index contributed by atoms with van der Waals surface area (Å²) in [5, 5.41) is 9.51. The summed E-state index contributed by atoms with van der Waals surface area (Å²) in [7, 11) is 0. The molecule has 0 aliphatic rings. The van der Waals surface area contributed by atoms with Crippen LogP contribution < -0.4 is 5.73 Å². The summed E-state index contributed by atoms with van der Waals surface area (Å²) in [6.07, 6.45) is 1.16. The molecule has 0 saturated heterocycles. The maximum atomic E-state index is 12.2. The quantitative estimate of drug-likeness (QED) is 0.829. The Hall–Kier alpha value is -1.55. The second kappa shape index (κ2) is 7.14. The van der Waals surface area contributed by atoms with Crippen molar-refractivity contribution in [1.82, 2.24) is 4.90 Å². The molecule has 0 saturated carbocycles. The van der Waals surface area contributed by atoms with Crippen LogP contribution in [0.25, 0.3) is 0 Å². The standard InChI is InChI=1S/C15H24N2O2/c1-4-17(15(19)9-8-11(2)16)12(3)13-6-5-7-14(18)10-13/h5-7,10-12,18H,4,8-9,16H2,1-3H3. The molecule has 2 atom stereocenters. The average Bonchev–Trinajstić information content (AvgIpc) is 2.37. The number of carbonyl (C=O) groups excluding carboxylic acids is 1. The van der Waals surface area contributed by atoms with Crippen molar-refractivity contribution in [3.63, 3.8) is 0 Å². The third-order valence-electron chi connectivity index (χ3n) is 3.29.